The first kappa shape index (κ1) is 22.0. The minimum absolute atomic E-state index is 0.271. The van der Waals surface area contributed by atoms with E-state index in [9.17, 15) is 0 Å². The van der Waals surface area contributed by atoms with Crippen molar-refractivity contribution in [2.75, 3.05) is 81.6 Å². The molecule has 0 aromatic rings. The lowest BCUT2D eigenvalue weighted by atomic mass is 9.99. The summed E-state index contributed by atoms with van der Waals surface area (Å²) in [5.41, 5.74) is 0.271. The minimum atomic E-state index is -2.67. The normalized spacial score (nSPS) is 19.8. The number of nitrogens with zero attached hydrogens (tertiary/aromatic N) is 2. The van der Waals surface area contributed by atoms with E-state index in [0.29, 0.717) is 5.92 Å². The first-order valence-corrected chi connectivity index (χ1v) is 10.5. The summed E-state index contributed by atoms with van der Waals surface area (Å²) >= 11 is 0. The summed E-state index contributed by atoms with van der Waals surface area (Å²) in [5, 5.41) is 0. The molecule has 1 aliphatic heterocycles. The van der Waals surface area contributed by atoms with Crippen LogP contribution in [0.3, 0.4) is 0 Å². The fourth-order valence-corrected chi connectivity index (χ4v) is 6.41. The largest absolute Gasteiger partial charge is 0.503 e. The van der Waals surface area contributed by atoms with Crippen LogP contribution in [-0.2, 0) is 22.8 Å². The standard InChI is InChI=1S/C16H36N2O5Si/c1-7-16(24(21-4,22-5)23-6)15-12-17(8-10-19-2)14-18(13-15)9-11-20-3/h15-16H,7-14H2,1-6H3. The Kier molecular flexibility index (Phi) is 10.6. The van der Waals surface area contributed by atoms with Gasteiger partial charge in [0.05, 0.1) is 19.9 Å². The fourth-order valence-electron chi connectivity index (χ4n) is 3.71. The van der Waals surface area contributed by atoms with Crippen LogP contribution >= 0.6 is 0 Å². The maximum atomic E-state index is 5.78. The molecule has 1 unspecified atom stereocenters. The molecule has 1 atom stereocenters. The Hall–Kier alpha value is -0.0631. The fraction of sp³-hybridized carbons (Fsp3) is 1.00. The zero-order valence-electron chi connectivity index (χ0n) is 16.2. The van der Waals surface area contributed by atoms with E-state index in [-0.39, 0.29) is 5.54 Å². The smallest absolute Gasteiger partial charge is 0.383 e. The SMILES string of the molecule is CCC(C1CN(CCOC)CN(CCOC)C1)[Si](OC)(OC)OC. The van der Waals surface area contributed by atoms with Crippen molar-refractivity contribution in [1.29, 1.82) is 0 Å². The van der Waals surface area contributed by atoms with E-state index in [1.54, 1.807) is 35.5 Å². The van der Waals surface area contributed by atoms with Crippen molar-refractivity contribution in [3.8, 4) is 0 Å². The summed E-state index contributed by atoms with van der Waals surface area (Å²) in [6.45, 7) is 8.49. The van der Waals surface area contributed by atoms with Gasteiger partial charge in [0.2, 0.25) is 0 Å². The molecule has 1 saturated heterocycles. The van der Waals surface area contributed by atoms with Gasteiger partial charge in [-0.3, -0.25) is 9.80 Å². The van der Waals surface area contributed by atoms with Crippen LogP contribution in [-0.4, -0.2) is 100 Å². The van der Waals surface area contributed by atoms with Crippen molar-refractivity contribution in [3.63, 3.8) is 0 Å². The number of ether oxygens (including phenoxy) is 2. The molecule has 0 aliphatic carbocycles. The molecule has 8 heteroatoms. The van der Waals surface area contributed by atoms with E-state index < -0.39 is 8.80 Å². The summed E-state index contributed by atoms with van der Waals surface area (Å²) < 4.78 is 27.9. The van der Waals surface area contributed by atoms with Gasteiger partial charge in [-0.2, -0.15) is 0 Å². The Morgan fingerprint density at radius 3 is 1.67 bits per heavy atom. The summed E-state index contributed by atoms with van der Waals surface area (Å²) in [5.74, 6) is 0.434. The summed E-state index contributed by atoms with van der Waals surface area (Å²) in [6.07, 6.45) is 0.975. The van der Waals surface area contributed by atoms with Crippen molar-refractivity contribution in [2.24, 2.45) is 5.92 Å². The van der Waals surface area contributed by atoms with Crippen molar-refractivity contribution in [2.45, 2.75) is 18.9 Å². The van der Waals surface area contributed by atoms with Gasteiger partial charge >= 0.3 is 8.80 Å². The summed E-state index contributed by atoms with van der Waals surface area (Å²) in [7, 11) is 5.94. The molecular formula is C16H36N2O5Si. The average Bonchev–Trinajstić information content (AvgIpc) is 2.62. The summed E-state index contributed by atoms with van der Waals surface area (Å²) in [6, 6.07) is 0. The maximum Gasteiger partial charge on any atom is 0.503 e. The predicted octanol–water partition coefficient (Wildman–Crippen LogP) is 1.13. The molecule has 1 fully saturated rings. The Bertz CT molecular complexity index is 309. The lowest BCUT2D eigenvalue weighted by molar-refractivity contribution is 0.00472. The van der Waals surface area contributed by atoms with Gasteiger partial charge in [-0.25, -0.2) is 0 Å². The van der Waals surface area contributed by atoms with Crippen molar-refractivity contribution >= 4 is 8.80 Å². The Labute approximate surface area is 148 Å². The van der Waals surface area contributed by atoms with Crippen LogP contribution in [0.4, 0.5) is 0 Å². The first-order valence-electron chi connectivity index (χ1n) is 8.68. The van der Waals surface area contributed by atoms with Crippen LogP contribution in [0.2, 0.25) is 5.54 Å². The third-order valence-corrected chi connectivity index (χ3v) is 8.42. The molecule has 0 saturated carbocycles. The third kappa shape index (κ3) is 5.74. The van der Waals surface area contributed by atoms with Crippen molar-refractivity contribution < 1.29 is 22.8 Å². The topological polar surface area (TPSA) is 52.6 Å². The molecule has 1 aliphatic rings. The van der Waals surface area contributed by atoms with E-state index >= 15 is 0 Å². The Balaban J connectivity index is 2.89. The van der Waals surface area contributed by atoms with Crippen LogP contribution in [0, 0.1) is 5.92 Å². The number of hydrogen-bond acceptors (Lipinski definition) is 7. The van der Waals surface area contributed by atoms with Gasteiger partial charge in [-0.15, -0.1) is 0 Å². The molecule has 7 nitrogen and oxygen atoms in total. The highest BCUT2D eigenvalue weighted by Crippen LogP contribution is 2.37. The molecule has 0 N–H and O–H groups in total. The molecule has 0 amide bonds. The number of hydrogen-bond donors (Lipinski definition) is 0. The van der Waals surface area contributed by atoms with Crippen LogP contribution in [0.5, 0.6) is 0 Å². The van der Waals surface area contributed by atoms with Gasteiger partial charge in [0.15, 0.2) is 0 Å². The predicted molar refractivity (Wildman–Crippen MR) is 96.1 cm³/mol. The molecule has 1 heterocycles. The molecule has 0 radical (unpaired) electrons. The van der Waals surface area contributed by atoms with E-state index in [1.807, 2.05) is 0 Å². The molecule has 0 aromatic carbocycles. The van der Waals surface area contributed by atoms with Crippen LogP contribution in [0.1, 0.15) is 13.3 Å². The van der Waals surface area contributed by atoms with Crippen molar-refractivity contribution in [3.05, 3.63) is 0 Å². The lowest BCUT2D eigenvalue weighted by Crippen LogP contribution is -2.58. The molecule has 144 valence electrons. The first-order chi connectivity index (χ1) is 11.6. The second-order valence-corrected chi connectivity index (χ2v) is 9.45. The minimum Gasteiger partial charge on any atom is -0.383 e. The molecule has 0 aromatic heterocycles. The molecule has 0 spiro atoms. The molecular weight excluding hydrogens is 328 g/mol. The van der Waals surface area contributed by atoms with Crippen LogP contribution < -0.4 is 0 Å². The van der Waals surface area contributed by atoms with Crippen LogP contribution in [0.15, 0.2) is 0 Å². The van der Waals surface area contributed by atoms with Gasteiger partial charge in [-0.1, -0.05) is 6.92 Å². The van der Waals surface area contributed by atoms with Gasteiger partial charge in [-0.05, 0) is 12.3 Å². The highest BCUT2D eigenvalue weighted by molar-refractivity contribution is 6.62. The van der Waals surface area contributed by atoms with E-state index in [1.165, 1.54) is 0 Å². The third-order valence-electron chi connectivity index (χ3n) is 4.93. The molecule has 24 heavy (non-hydrogen) atoms. The lowest BCUT2D eigenvalue weighted by Gasteiger charge is -2.45. The monoisotopic (exact) mass is 364 g/mol. The quantitative estimate of drug-likeness (QED) is 0.481. The van der Waals surface area contributed by atoms with Gasteiger partial charge in [0, 0.05) is 67.3 Å². The molecule has 1 rings (SSSR count). The van der Waals surface area contributed by atoms with E-state index in [2.05, 4.69) is 16.7 Å². The van der Waals surface area contributed by atoms with Crippen molar-refractivity contribution in [1.82, 2.24) is 9.80 Å². The zero-order chi connectivity index (χ0) is 18.0. The number of rotatable bonds is 12. The van der Waals surface area contributed by atoms with Gasteiger partial charge < -0.3 is 22.8 Å². The second kappa shape index (κ2) is 11.5. The van der Waals surface area contributed by atoms with E-state index in [0.717, 1.165) is 52.5 Å². The highest BCUT2D eigenvalue weighted by Gasteiger charge is 2.51. The summed E-state index contributed by atoms with van der Waals surface area (Å²) in [4.78, 5) is 4.88. The maximum absolute atomic E-state index is 5.78. The van der Waals surface area contributed by atoms with Gasteiger partial charge in [0.1, 0.15) is 0 Å². The van der Waals surface area contributed by atoms with Crippen LogP contribution in [0.25, 0.3) is 0 Å². The van der Waals surface area contributed by atoms with Gasteiger partial charge in [0.25, 0.3) is 0 Å². The molecule has 0 bridgehead atoms. The zero-order valence-corrected chi connectivity index (χ0v) is 17.2. The average molecular weight is 365 g/mol. The number of methoxy groups -OCH3 is 2. The van der Waals surface area contributed by atoms with E-state index in [4.69, 9.17) is 22.8 Å². The Morgan fingerprint density at radius 2 is 1.33 bits per heavy atom. The highest BCUT2D eigenvalue weighted by atomic mass is 28.4. The second-order valence-electron chi connectivity index (χ2n) is 6.27. The Morgan fingerprint density at radius 1 is 0.875 bits per heavy atom.